The van der Waals surface area contributed by atoms with Gasteiger partial charge < -0.3 is 20.1 Å². The first-order valence-electron chi connectivity index (χ1n) is 15.3. The minimum absolute atomic E-state index is 0.127. The summed E-state index contributed by atoms with van der Waals surface area (Å²) in [5.41, 5.74) is 3.73. The third kappa shape index (κ3) is 7.14. The first kappa shape index (κ1) is 33.0. The van der Waals surface area contributed by atoms with Crippen LogP contribution >= 0.6 is 23.1 Å². The molecule has 2 N–H and O–H groups in total. The zero-order valence-corrected chi connectivity index (χ0v) is 28.1. The van der Waals surface area contributed by atoms with Crippen LogP contribution in [0.1, 0.15) is 54.5 Å². The summed E-state index contributed by atoms with van der Waals surface area (Å²) in [5, 5.41) is 4.89. The van der Waals surface area contributed by atoms with Crippen LogP contribution in [0.15, 0.2) is 108 Å². The molecule has 3 heterocycles. The van der Waals surface area contributed by atoms with E-state index in [2.05, 4.69) is 15.6 Å². The second-order valence-electron chi connectivity index (χ2n) is 12.2. The van der Waals surface area contributed by atoms with E-state index in [4.69, 9.17) is 9.47 Å². The van der Waals surface area contributed by atoms with Gasteiger partial charge in [0.2, 0.25) is 5.91 Å². The van der Waals surface area contributed by atoms with Gasteiger partial charge in [0.1, 0.15) is 28.8 Å². The van der Waals surface area contributed by atoms with E-state index in [1.165, 1.54) is 28.0 Å². The van der Waals surface area contributed by atoms with Crippen molar-refractivity contribution in [2.24, 2.45) is 0 Å². The van der Waals surface area contributed by atoms with E-state index in [9.17, 15) is 19.2 Å². The van der Waals surface area contributed by atoms with Crippen LogP contribution in [0.25, 0.3) is 5.57 Å². The minimum Gasteiger partial charge on any atom is -0.448 e. The number of benzene rings is 3. The summed E-state index contributed by atoms with van der Waals surface area (Å²) in [4.78, 5) is 60.9. The predicted octanol–water partition coefficient (Wildman–Crippen LogP) is 5.85. The second-order valence-corrected chi connectivity index (χ2v) is 14.2. The molecule has 12 heteroatoms. The van der Waals surface area contributed by atoms with Gasteiger partial charge >= 0.3 is 12.1 Å². The molecule has 6 rings (SSSR count). The Hall–Kier alpha value is -4.94. The summed E-state index contributed by atoms with van der Waals surface area (Å²) in [6, 6.07) is 25.5. The fraction of sp³-hybridized carbons (Fsp3) is 0.250. The lowest BCUT2D eigenvalue weighted by Gasteiger charge is -2.50. The largest absolute Gasteiger partial charge is 0.448 e. The van der Waals surface area contributed by atoms with Crippen LogP contribution in [0, 0.1) is 0 Å². The molecule has 0 aliphatic carbocycles. The number of carbonyl (C=O) groups excluding carboxylic acids is 4. The number of thioether (sulfide) groups is 1. The van der Waals surface area contributed by atoms with Gasteiger partial charge in [-0.3, -0.25) is 19.5 Å². The molecule has 2 aliphatic rings. The highest BCUT2D eigenvalue weighted by molar-refractivity contribution is 8.00. The van der Waals surface area contributed by atoms with Crippen molar-refractivity contribution < 1.29 is 28.7 Å². The maximum atomic E-state index is 14.2. The highest BCUT2D eigenvalue weighted by Gasteiger charge is 2.55. The van der Waals surface area contributed by atoms with Crippen molar-refractivity contribution in [2.45, 2.75) is 49.9 Å². The molecule has 3 aromatic carbocycles. The van der Waals surface area contributed by atoms with Gasteiger partial charge in [0, 0.05) is 17.5 Å². The van der Waals surface area contributed by atoms with Gasteiger partial charge in [-0.25, -0.2) is 9.59 Å². The molecule has 3 amide bonds. The van der Waals surface area contributed by atoms with E-state index in [0.717, 1.165) is 16.0 Å². The first-order valence-corrected chi connectivity index (χ1v) is 17.3. The van der Waals surface area contributed by atoms with Crippen LogP contribution in [-0.4, -0.2) is 56.5 Å². The lowest BCUT2D eigenvalue weighted by molar-refractivity contribution is -0.154. The number of rotatable bonds is 9. The number of hydrogen-bond donors (Lipinski definition) is 2. The third-order valence-electron chi connectivity index (χ3n) is 7.67. The highest BCUT2D eigenvalue weighted by atomic mass is 32.2. The van der Waals surface area contributed by atoms with Crippen molar-refractivity contribution in [1.82, 2.24) is 20.5 Å². The Morgan fingerprint density at radius 2 is 1.48 bits per heavy atom. The van der Waals surface area contributed by atoms with Crippen LogP contribution in [0.4, 0.5) is 4.79 Å². The number of nitrogens with zero attached hydrogens (tertiary/aromatic N) is 2. The number of nitrogens with one attached hydrogen (secondary N) is 2. The number of amides is 3. The summed E-state index contributed by atoms with van der Waals surface area (Å²) in [7, 11) is 0. The molecule has 48 heavy (non-hydrogen) atoms. The molecular weight excluding hydrogens is 649 g/mol. The number of carbonyl (C=O) groups is 4. The Morgan fingerprint density at radius 1 is 0.896 bits per heavy atom. The lowest BCUT2D eigenvalue weighted by atomic mass is 9.99. The molecule has 2 aliphatic heterocycles. The van der Waals surface area contributed by atoms with Crippen molar-refractivity contribution >= 4 is 52.5 Å². The van der Waals surface area contributed by atoms with Crippen LogP contribution in [-0.2, 0) is 23.9 Å². The molecule has 4 aromatic rings. The second kappa shape index (κ2) is 14.0. The van der Waals surface area contributed by atoms with Crippen molar-refractivity contribution in [3.8, 4) is 0 Å². The maximum Gasteiger partial charge on any atom is 0.408 e. The summed E-state index contributed by atoms with van der Waals surface area (Å²) < 4.78 is 11.6. The number of thiazole rings is 1. The van der Waals surface area contributed by atoms with Gasteiger partial charge in [0.05, 0.1) is 10.4 Å². The predicted molar refractivity (Wildman–Crippen MR) is 183 cm³/mol. The van der Waals surface area contributed by atoms with Gasteiger partial charge in [-0.05, 0) is 37.5 Å². The number of hydrogen-bond acceptors (Lipinski definition) is 9. The van der Waals surface area contributed by atoms with E-state index in [-0.39, 0.29) is 5.70 Å². The van der Waals surface area contributed by atoms with Crippen LogP contribution in [0.5, 0.6) is 0 Å². The molecule has 0 spiro atoms. The van der Waals surface area contributed by atoms with Crippen LogP contribution in [0.3, 0.4) is 0 Å². The third-order valence-corrected chi connectivity index (χ3v) is 9.79. The quantitative estimate of drug-likeness (QED) is 0.166. The van der Waals surface area contributed by atoms with Crippen molar-refractivity contribution in [3.63, 3.8) is 0 Å². The summed E-state index contributed by atoms with van der Waals surface area (Å²) in [5.74, 6) is -1.32. The number of alkyl carbamates (subject to hydrolysis) is 1. The SMILES string of the molecule is CC(C)(C)OC(=O)NC(C(=O)NC1C(=O)N2C(C(=O)OC(c3ccccc3)c3ccccc3)=C(c3cncs3)CSC12)c1ccccc1. The number of β-lactam (4-membered cyclic amide) rings is 1. The van der Waals surface area contributed by atoms with Crippen LogP contribution in [0.2, 0.25) is 0 Å². The molecule has 1 fully saturated rings. The molecule has 0 bridgehead atoms. The highest BCUT2D eigenvalue weighted by Crippen LogP contribution is 2.45. The smallest absolute Gasteiger partial charge is 0.408 e. The van der Waals surface area contributed by atoms with Gasteiger partial charge in [0.25, 0.3) is 5.91 Å². The zero-order valence-electron chi connectivity index (χ0n) is 26.5. The number of esters is 1. The van der Waals surface area contributed by atoms with E-state index >= 15 is 0 Å². The van der Waals surface area contributed by atoms with E-state index in [1.807, 2.05) is 60.7 Å². The Balaban J connectivity index is 1.27. The first-order chi connectivity index (χ1) is 23.1. The van der Waals surface area contributed by atoms with Gasteiger partial charge in [-0.15, -0.1) is 23.1 Å². The zero-order chi connectivity index (χ0) is 33.8. The average molecular weight is 683 g/mol. The maximum absolute atomic E-state index is 14.2. The minimum atomic E-state index is -1.12. The average Bonchev–Trinajstić information content (AvgIpc) is 3.63. The number of aromatic nitrogens is 1. The van der Waals surface area contributed by atoms with Gasteiger partial charge in [-0.2, -0.15) is 0 Å². The monoisotopic (exact) mass is 682 g/mol. The fourth-order valence-electron chi connectivity index (χ4n) is 5.52. The molecule has 3 unspecified atom stereocenters. The topological polar surface area (TPSA) is 127 Å². The molecule has 1 saturated heterocycles. The molecule has 1 aromatic heterocycles. The Morgan fingerprint density at radius 3 is 2.02 bits per heavy atom. The molecular formula is C36H34N4O6S2. The lowest BCUT2D eigenvalue weighted by Crippen LogP contribution is -2.71. The van der Waals surface area contributed by atoms with Crippen molar-refractivity contribution in [2.75, 3.05) is 5.75 Å². The molecule has 3 atom stereocenters. The Kier molecular flexibility index (Phi) is 9.65. The van der Waals surface area contributed by atoms with Crippen molar-refractivity contribution in [3.05, 3.63) is 130 Å². The molecule has 0 radical (unpaired) electrons. The van der Waals surface area contributed by atoms with E-state index < -0.39 is 53.0 Å². The molecule has 0 saturated carbocycles. The Labute approximate surface area is 286 Å². The number of fused-ring (bicyclic) bond motifs is 1. The molecule has 10 nitrogen and oxygen atoms in total. The van der Waals surface area contributed by atoms with Gasteiger partial charge in [0.15, 0.2) is 6.10 Å². The summed E-state index contributed by atoms with van der Waals surface area (Å²) in [6.45, 7) is 5.18. The molecule has 246 valence electrons. The standard InChI is InChI=1S/C36H34N4O6S2/c1-36(2,3)46-35(44)39-27(22-13-7-4-8-14-22)31(41)38-28-32(42)40-29(25(20-47-33(28)40)26-19-37-21-48-26)34(43)45-30(23-15-9-5-10-16-23)24-17-11-6-12-18-24/h4-19,21,27-28,30,33H,20H2,1-3H3,(H,38,41)(H,39,44). The fourth-order valence-corrected chi connectivity index (χ4v) is 7.64. The van der Waals surface area contributed by atoms with E-state index in [1.54, 1.807) is 62.8 Å². The normalized spacial score (nSPS) is 18.0. The van der Waals surface area contributed by atoms with Gasteiger partial charge in [-0.1, -0.05) is 91.0 Å². The summed E-state index contributed by atoms with van der Waals surface area (Å²) in [6.07, 6.45) is 0.172. The summed E-state index contributed by atoms with van der Waals surface area (Å²) >= 11 is 2.79. The van der Waals surface area contributed by atoms with Crippen molar-refractivity contribution in [1.29, 1.82) is 0 Å². The van der Waals surface area contributed by atoms with E-state index in [0.29, 0.717) is 16.9 Å². The van der Waals surface area contributed by atoms with Crippen LogP contribution < -0.4 is 10.6 Å². The Bertz CT molecular complexity index is 1770. The number of ether oxygens (including phenoxy) is 2.